The third kappa shape index (κ3) is 5.02. The maximum atomic E-state index is 12.1. The highest BCUT2D eigenvalue weighted by molar-refractivity contribution is 6.04. The number of carbonyl (C=O) groups is 1. The van der Waals surface area contributed by atoms with Crippen molar-refractivity contribution in [1.82, 2.24) is 0 Å². The molecule has 23 heavy (non-hydrogen) atoms. The Labute approximate surface area is 132 Å². The Hall–Kier alpha value is -2.50. The van der Waals surface area contributed by atoms with Crippen LogP contribution in [0.15, 0.2) is 48.5 Å². The highest BCUT2D eigenvalue weighted by atomic mass is 19.4. The first kappa shape index (κ1) is 16.9. The number of halogens is 3. The third-order valence-corrected chi connectivity index (χ3v) is 3.19. The second-order valence-electron chi connectivity index (χ2n) is 5.30. The lowest BCUT2D eigenvalue weighted by Crippen LogP contribution is -2.17. The summed E-state index contributed by atoms with van der Waals surface area (Å²) < 4.78 is 40.0. The topological polar surface area (TPSA) is 38.3 Å². The third-order valence-electron chi connectivity index (χ3n) is 3.19. The summed E-state index contributed by atoms with van der Waals surface area (Å²) in [5.41, 5.74) is 2.01. The van der Waals surface area contributed by atoms with Gasteiger partial charge in [-0.05, 0) is 47.9 Å². The molecule has 3 nitrogen and oxygen atoms in total. The van der Waals surface area contributed by atoms with Crippen LogP contribution in [0.1, 0.15) is 35.7 Å². The van der Waals surface area contributed by atoms with E-state index in [-0.39, 0.29) is 11.3 Å². The summed E-state index contributed by atoms with van der Waals surface area (Å²) in [7, 11) is 0. The second-order valence-corrected chi connectivity index (χ2v) is 5.30. The van der Waals surface area contributed by atoms with Crippen LogP contribution in [0.25, 0.3) is 0 Å². The molecule has 0 radical (unpaired) electrons. The molecule has 0 saturated carbocycles. The molecule has 0 heterocycles. The molecule has 0 aliphatic carbocycles. The summed E-state index contributed by atoms with van der Waals surface area (Å²) in [6.45, 7) is 4.14. The number of carbonyl (C=O) groups excluding carboxylic acids is 1. The number of hydrogen-bond donors (Lipinski definition) is 1. The SMILES string of the molecule is CC(C)c1ccc(NC(=O)c2ccc(OC(F)(F)F)cc2)cc1. The predicted molar refractivity (Wildman–Crippen MR) is 81.6 cm³/mol. The number of alkyl halides is 3. The predicted octanol–water partition coefficient (Wildman–Crippen LogP) is 4.96. The molecule has 0 aliphatic rings. The monoisotopic (exact) mass is 323 g/mol. The number of anilines is 1. The summed E-state index contributed by atoms with van der Waals surface area (Å²) in [6, 6.07) is 12.2. The van der Waals surface area contributed by atoms with Crippen molar-refractivity contribution in [3.8, 4) is 5.75 Å². The van der Waals surface area contributed by atoms with E-state index in [1.165, 1.54) is 12.1 Å². The molecule has 0 fully saturated rings. The average Bonchev–Trinajstić information content (AvgIpc) is 2.46. The number of benzene rings is 2. The first-order valence-corrected chi connectivity index (χ1v) is 7.02. The number of ether oxygens (including phenoxy) is 1. The van der Waals surface area contributed by atoms with Crippen LogP contribution >= 0.6 is 0 Å². The van der Waals surface area contributed by atoms with E-state index in [9.17, 15) is 18.0 Å². The zero-order chi connectivity index (χ0) is 17.0. The fourth-order valence-corrected chi connectivity index (χ4v) is 1.96. The van der Waals surface area contributed by atoms with Crippen molar-refractivity contribution in [2.45, 2.75) is 26.1 Å². The van der Waals surface area contributed by atoms with Gasteiger partial charge in [-0.3, -0.25) is 4.79 Å². The van der Waals surface area contributed by atoms with Gasteiger partial charge in [-0.25, -0.2) is 0 Å². The Morgan fingerprint density at radius 3 is 2.04 bits per heavy atom. The van der Waals surface area contributed by atoms with Crippen molar-refractivity contribution in [3.05, 3.63) is 59.7 Å². The van der Waals surface area contributed by atoms with E-state index >= 15 is 0 Å². The van der Waals surface area contributed by atoms with E-state index < -0.39 is 12.3 Å². The first-order valence-electron chi connectivity index (χ1n) is 7.02. The van der Waals surface area contributed by atoms with Crippen molar-refractivity contribution in [1.29, 1.82) is 0 Å². The van der Waals surface area contributed by atoms with Crippen LogP contribution in [0.4, 0.5) is 18.9 Å². The molecule has 2 aromatic carbocycles. The Morgan fingerprint density at radius 1 is 1.00 bits per heavy atom. The summed E-state index contributed by atoms with van der Waals surface area (Å²) in [5.74, 6) is -0.378. The van der Waals surface area contributed by atoms with Gasteiger partial charge < -0.3 is 10.1 Å². The number of nitrogens with one attached hydrogen (secondary N) is 1. The van der Waals surface area contributed by atoms with Crippen molar-refractivity contribution in [2.75, 3.05) is 5.32 Å². The Kier molecular flexibility index (Phi) is 4.93. The minimum atomic E-state index is -4.75. The maximum Gasteiger partial charge on any atom is 0.573 e. The van der Waals surface area contributed by atoms with Crippen LogP contribution in [-0.4, -0.2) is 12.3 Å². The molecule has 0 saturated heterocycles. The maximum absolute atomic E-state index is 12.1. The number of amides is 1. The van der Waals surface area contributed by atoms with Crippen LogP contribution in [0.3, 0.4) is 0 Å². The van der Waals surface area contributed by atoms with E-state index in [0.29, 0.717) is 11.6 Å². The van der Waals surface area contributed by atoms with Gasteiger partial charge in [0.15, 0.2) is 0 Å². The Balaban J connectivity index is 2.03. The quantitative estimate of drug-likeness (QED) is 0.863. The largest absolute Gasteiger partial charge is 0.573 e. The van der Waals surface area contributed by atoms with Crippen LogP contribution < -0.4 is 10.1 Å². The molecular formula is C17H16F3NO2. The molecule has 0 aromatic heterocycles. The molecule has 0 bridgehead atoms. The molecule has 1 amide bonds. The van der Waals surface area contributed by atoms with Gasteiger partial charge in [0.2, 0.25) is 0 Å². The standard InChI is InChI=1S/C17H16F3NO2/c1-11(2)12-3-7-14(8-4-12)21-16(22)13-5-9-15(10-6-13)23-17(18,19)20/h3-11H,1-2H3,(H,21,22). The lowest BCUT2D eigenvalue weighted by Gasteiger charge is -2.10. The fraction of sp³-hybridized carbons (Fsp3) is 0.235. The van der Waals surface area contributed by atoms with Crippen LogP contribution in [0, 0.1) is 0 Å². The molecule has 1 N–H and O–H groups in total. The van der Waals surface area contributed by atoms with Gasteiger partial charge in [0.25, 0.3) is 5.91 Å². The van der Waals surface area contributed by atoms with Gasteiger partial charge in [-0.2, -0.15) is 0 Å². The molecule has 0 atom stereocenters. The number of rotatable bonds is 4. The molecule has 2 rings (SSSR count). The molecular weight excluding hydrogens is 307 g/mol. The van der Waals surface area contributed by atoms with Crippen LogP contribution in [0.5, 0.6) is 5.75 Å². The van der Waals surface area contributed by atoms with Crippen molar-refractivity contribution in [3.63, 3.8) is 0 Å². The molecule has 122 valence electrons. The molecule has 0 aliphatic heterocycles. The first-order chi connectivity index (χ1) is 10.7. The summed E-state index contributed by atoms with van der Waals surface area (Å²) in [5, 5.41) is 2.69. The zero-order valence-electron chi connectivity index (χ0n) is 12.6. The molecule has 6 heteroatoms. The van der Waals surface area contributed by atoms with Gasteiger partial charge in [-0.1, -0.05) is 26.0 Å². The second kappa shape index (κ2) is 6.73. The molecule has 0 spiro atoms. The van der Waals surface area contributed by atoms with Crippen molar-refractivity contribution in [2.24, 2.45) is 0 Å². The highest BCUT2D eigenvalue weighted by Gasteiger charge is 2.31. The van der Waals surface area contributed by atoms with E-state index in [2.05, 4.69) is 23.9 Å². The summed E-state index contributed by atoms with van der Waals surface area (Å²) in [6.07, 6.45) is -4.75. The Morgan fingerprint density at radius 2 is 1.57 bits per heavy atom. The van der Waals surface area contributed by atoms with Crippen LogP contribution in [-0.2, 0) is 0 Å². The van der Waals surface area contributed by atoms with E-state index in [4.69, 9.17) is 0 Å². The molecule has 0 unspecified atom stereocenters. The minimum absolute atomic E-state index is 0.243. The fourth-order valence-electron chi connectivity index (χ4n) is 1.96. The highest BCUT2D eigenvalue weighted by Crippen LogP contribution is 2.23. The molecule has 2 aromatic rings. The smallest absolute Gasteiger partial charge is 0.406 e. The summed E-state index contributed by atoms with van der Waals surface area (Å²) >= 11 is 0. The summed E-state index contributed by atoms with van der Waals surface area (Å²) in [4.78, 5) is 12.1. The minimum Gasteiger partial charge on any atom is -0.406 e. The van der Waals surface area contributed by atoms with Gasteiger partial charge in [-0.15, -0.1) is 13.2 Å². The number of hydrogen-bond acceptors (Lipinski definition) is 2. The average molecular weight is 323 g/mol. The van der Waals surface area contributed by atoms with Gasteiger partial charge in [0.05, 0.1) is 0 Å². The lowest BCUT2D eigenvalue weighted by atomic mass is 10.0. The van der Waals surface area contributed by atoms with Crippen LogP contribution in [0.2, 0.25) is 0 Å². The van der Waals surface area contributed by atoms with E-state index in [0.717, 1.165) is 17.7 Å². The normalized spacial score (nSPS) is 11.4. The van der Waals surface area contributed by atoms with Gasteiger partial charge >= 0.3 is 6.36 Å². The van der Waals surface area contributed by atoms with E-state index in [1.54, 1.807) is 12.1 Å². The van der Waals surface area contributed by atoms with Crippen molar-refractivity contribution < 1.29 is 22.7 Å². The van der Waals surface area contributed by atoms with Crippen molar-refractivity contribution >= 4 is 11.6 Å². The van der Waals surface area contributed by atoms with E-state index in [1.807, 2.05) is 12.1 Å². The lowest BCUT2D eigenvalue weighted by molar-refractivity contribution is -0.274. The van der Waals surface area contributed by atoms with Gasteiger partial charge in [0.1, 0.15) is 5.75 Å². The Bertz CT molecular complexity index is 662. The zero-order valence-corrected chi connectivity index (χ0v) is 12.6. The van der Waals surface area contributed by atoms with Gasteiger partial charge in [0, 0.05) is 11.3 Å².